The van der Waals surface area contributed by atoms with Crippen molar-refractivity contribution in [1.29, 1.82) is 0 Å². The predicted octanol–water partition coefficient (Wildman–Crippen LogP) is 2.59. The lowest BCUT2D eigenvalue weighted by atomic mass is 9.43. The van der Waals surface area contributed by atoms with Gasteiger partial charge in [0.1, 0.15) is 30.5 Å². The van der Waals surface area contributed by atoms with Crippen LogP contribution in [0.15, 0.2) is 48.6 Å². The van der Waals surface area contributed by atoms with Crippen LogP contribution in [0.3, 0.4) is 0 Å². The van der Waals surface area contributed by atoms with Crippen LogP contribution < -0.4 is 0 Å². The van der Waals surface area contributed by atoms with Gasteiger partial charge < -0.3 is 38.3 Å². The summed E-state index contributed by atoms with van der Waals surface area (Å²) in [7, 11) is 0. The fraction of sp³-hybridized carbons (Fsp3) is 0.564. The summed E-state index contributed by atoms with van der Waals surface area (Å²) in [6.45, 7) is 11.5. The summed E-state index contributed by atoms with van der Waals surface area (Å²) in [5, 5.41) is 13.2. The van der Waals surface area contributed by atoms with Crippen molar-refractivity contribution < 1.29 is 71.8 Å². The van der Waals surface area contributed by atoms with Gasteiger partial charge in [-0.25, -0.2) is 4.79 Å². The summed E-state index contributed by atoms with van der Waals surface area (Å²) in [4.78, 5) is 92.6. The number of ketones is 1. The van der Waals surface area contributed by atoms with Crippen molar-refractivity contribution in [3.05, 3.63) is 54.1 Å². The number of ether oxygens (including phenoxy) is 7. The Labute approximate surface area is 312 Å². The third kappa shape index (κ3) is 6.61. The van der Waals surface area contributed by atoms with Crippen LogP contribution in [-0.2, 0) is 66.7 Å². The van der Waals surface area contributed by atoms with Crippen molar-refractivity contribution in [1.82, 2.24) is 0 Å². The molecule has 15 heteroatoms. The molecule has 0 unspecified atom stereocenters. The number of hydrogen-bond acceptors (Lipinski definition) is 15. The highest BCUT2D eigenvalue weighted by Crippen LogP contribution is 2.67. The molecule has 3 saturated carbocycles. The van der Waals surface area contributed by atoms with E-state index in [1.54, 1.807) is 31.2 Å². The molecule has 1 N–H and O–H groups in total. The van der Waals surface area contributed by atoms with Gasteiger partial charge in [-0.3, -0.25) is 28.8 Å². The van der Waals surface area contributed by atoms with Crippen LogP contribution in [0.1, 0.15) is 66.9 Å². The first-order valence-electron chi connectivity index (χ1n) is 17.6. The molecule has 4 fully saturated rings. The minimum atomic E-state index is -2.51. The summed E-state index contributed by atoms with van der Waals surface area (Å²) in [6.07, 6.45) is -6.20. The first-order valence-corrected chi connectivity index (χ1v) is 17.6. The molecule has 1 aromatic rings. The molecule has 3 aliphatic carbocycles. The molecule has 15 nitrogen and oxygen atoms in total. The zero-order valence-electron chi connectivity index (χ0n) is 31.3. The Morgan fingerprint density at radius 1 is 0.852 bits per heavy atom. The molecule has 5 rings (SSSR count). The van der Waals surface area contributed by atoms with Crippen molar-refractivity contribution in [2.75, 3.05) is 13.2 Å². The summed E-state index contributed by atoms with van der Waals surface area (Å²) < 4.78 is 41.8. The Bertz CT molecular complexity index is 1770. The van der Waals surface area contributed by atoms with Crippen LogP contribution in [0, 0.1) is 22.7 Å². The summed E-state index contributed by atoms with van der Waals surface area (Å²) >= 11 is 0. The monoisotopic (exact) mass is 754 g/mol. The second kappa shape index (κ2) is 14.7. The van der Waals surface area contributed by atoms with E-state index in [0.717, 1.165) is 34.6 Å². The lowest BCUT2D eigenvalue weighted by Gasteiger charge is -2.65. The molecule has 1 aromatic carbocycles. The van der Waals surface area contributed by atoms with Crippen molar-refractivity contribution >= 4 is 47.7 Å². The molecule has 1 saturated heterocycles. The largest absolute Gasteiger partial charge is 0.465 e. The first-order chi connectivity index (χ1) is 25.2. The van der Waals surface area contributed by atoms with Gasteiger partial charge in [-0.2, -0.15) is 0 Å². The van der Waals surface area contributed by atoms with Gasteiger partial charge in [-0.1, -0.05) is 43.8 Å². The minimum Gasteiger partial charge on any atom is -0.465 e. The van der Waals surface area contributed by atoms with Crippen molar-refractivity contribution in [3.8, 4) is 0 Å². The topological polar surface area (TPSA) is 204 Å². The van der Waals surface area contributed by atoms with E-state index >= 15 is 0 Å². The second-order valence-corrected chi connectivity index (χ2v) is 14.8. The van der Waals surface area contributed by atoms with E-state index in [9.17, 15) is 38.7 Å². The van der Waals surface area contributed by atoms with Gasteiger partial charge in [0.05, 0.1) is 12.0 Å². The highest BCUT2D eigenvalue weighted by molar-refractivity contribution is 5.91. The number of carbonyl (C=O) groups excluding carboxylic acids is 7. The van der Waals surface area contributed by atoms with E-state index in [4.69, 9.17) is 33.2 Å². The summed E-state index contributed by atoms with van der Waals surface area (Å²) in [5.41, 5.74) is -7.51. The van der Waals surface area contributed by atoms with Crippen molar-refractivity contribution in [2.24, 2.45) is 22.7 Å². The molecule has 1 heterocycles. The highest BCUT2D eigenvalue weighted by Gasteiger charge is 2.83. The van der Waals surface area contributed by atoms with Crippen LogP contribution in [0.25, 0.3) is 6.08 Å². The molecule has 292 valence electrons. The van der Waals surface area contributed by atoms with Gasteiger partial charge in [-0.05, 0) is 24.1 Å². The number of rotatable bonds is 9. The molecule has 4 aliphatic rings. The van der Waals surface area contributed by atoms with E-state index in [-0.39, 0.29) is 25.0 Å². The Morgan fingerprint density at radius 2 is 1.44 bits per heavy atom. The average Bonchev–Trinajstić information content (AvgIpc) is 3.22. The Kier molecular flexibility index (Phi) is 11.0. The van der Waals surface area contributed by atoms with E-state index in [0.29, 0.717) is 5.56 Å². The van der Waals surface area contributed by atoms with E-state index in [1.165, 1.54) is 19.1 Å². The molecular weight excluding hydrogens is 708 g/mol. The fourth-order valence-electron chi connectivity index (χ4n) is 9.26. The molecule has 0 radical (unpaired) electrons. The smallest absolute Gasteiger partial charge is 0.331 e. The maximum atomic E-state index is 14.2. The number of aliphatic hydroxyl groups is 1. The SMILES string of the molecule is C=C1[C@@H](OC(=O)/C=C/c2ccccc2)C[C@H](OC(C)=O)[C@@]2(COC(C)=O)[C@@H](OC(C)=O)[C@H](OC(C)=O)[C@@]3(O)[C@]4(C)OC[C@]3(C)[C@@H](CC4=O)[C@@H](OC(C)=O)[C@H]12. The molecule has 0 amide bonds. The molecule has 4 bridgehead atoms. The molecule has 0 spiro atoms. The van der Waals surface area contributed by atoms with Gasteiger partial charge in [0, 0.05) is 70.8 Å². The number of fused-ring (bicyclic) bond motifs is 1. The predicted molar refractivity (Wildman–Crippen MR) is 184 cm³/mol. The molecule has 1 aliphatic heterocycles. The van der Waals surface area contributed by atoms with Crippen molar-refractivity contribution in [3.63, 3.8) is 0 Å². The average molecular weight is 755 g/mol. The number of Topliss-reactive ketones (excluding diaryl/α,β-unsaturated/α-hetero) is 1. The molecular formula is C39H46O15. The Balaban J connectivity index is 1.84. The quantitative estimate of drug-likeness (QED) is 0.167. The van der Waals surface area contributed by atoms with Crippen molar-refractivity contribution in [2.45, 2.75) is 103 Å². The number of esters is 6. The minimum absolute atomic E-state index is 0.0470. The standard InChI is InChI=1S/C39H46O15/c1-20-28(54-31(46)15-14-26-12-10-9-11-13-26)17-30(50-22(3)41)38(19-48-21(2)40)32(20)33(51-23(4)42)27-16-29(45)37(8)39(47,36(27,7)18-49-37)35(53-25(6)44)34(38)52-24(5)43/h9-15,27-28,30,32-35,47H,1,16-19H2,2-8H3/b15-14+/t27-,28-,30-,32-,33+,34-,35-,36+,37+,38+,39-/m0/s1. The maximum absolute atomic E-state index is 14.2. The number of carbonyl (C=O) groups is 7. The van der Waals surface area contributed by atoms with Crippen LogP contribution in [0.2, 0.25) is 0 Å². The lowest BCUT2D eigenvalue weighted by molar-refractivity contribution is -0.303. The first kappa shape index (κ1) is 40.3. The van der Waals surface area contributed by atoms with Gasteiger partial charge in [-0.15, -0.1) is 0 Å². The maximum Gasteiger partial charge on any atom is 0.331 e. The van der Waals surface area contributed by atoms with Crippen LogP contribution in [0.4, 0.5) is 0 Å². The lowest BCUT2D eigenvalue weighted by Crippen LogP contribution is -2.81. The van der Waals surface area contributed by atoms with Gasteiger partial charge in [0.2, 0.25) is 0 Å². The van der Waals surface area contributed by atoms with Gasteiger partial charge >= 0.3 is 35.8 Å². The third-order valence-corrected chi connectivity index (χ3v) is 11.6. The number of hydrogen-bond donors (Lipinski definition) is 1. The summed E-state index contributed by atoms with van der Waals surface area (Å²) in [6, 6.07) is 8.90. The molecule has 11 atom stereocenters. The zero-order valence-corrected chi connectivity index (χ0v) is 31.3. The summed E-state index contributed by atoms with van der Waals surface area (Å²) in [5.74, 6) is -8.51. The van der Waals surface area contributed by atoms with Gasteiger partial charge in [0.25, 0.3) is 0 Å². The second-order valence-electron chi connectivity index (χ2n) is 14.8. The van der Waals surface area contributed by atoms with E-state index < -0.39 is 113 Å². The Hall–Kier alpha value is -4.89. The highest BCUT2D eigenvalue weighted by atomic mass is 16.6. The Morgan fingerprint density at radius 3 is 2.02 bits per heavy atom. The molecule has 0 aromatic heterocycles. The van der Waals surface area contributed by atoms with E-state index in [2.05, 4.69) is 6.58 Å². The fourth-order valence-corrected chi connectivity index (χ4v) is 9.26. The van der Waals surface area contributed by atoms with Crippen LogP contribution in [-0.4, -0.2) is 102 Å². The zero-order chi connectivity index (χ0) is 40.0. The normalized spacial score (nSPS) is 36.9. The number of benzene rings is 1. The van der Waals surface area contributed by atoms with Crippen LogP contribution in [0.5, 0.6) is 0 Å². The van der Waals surface area contributed by atoms with Gasteiger partial charge in [0.15, 0.2) is 23.6 Å². The third-order valence-electron chi connectivity index (χ3n) is 11.6. The van der Waals surface area contributed by atoms with Crippen LogP contribution >= 0.6 is 0 Å². The molecule has 54 heavy (non-hydrogen) atoms. The van der Waals surface area contributed by atoms with E-state index in [1.807, 2.05) is 6.07 Å².